The normalized spacial score (nSPS) is 13.0. The zero-order valence-corrected chi connectivity index (χ0v) is 11.2. The molecule has 0 aliphatic carbocycles. The average molecular weight is 266 g/mol. The van der Waals surface area contributed by atoms with Crippen LogP contribution < -0.4 is 0 Å². The van der Waals surface area contributed by atoms with Gasteiger partial charge in [-0.25, -0.2) is 0 Å². The van der Waals surface area contributed by atoms with Crippen LogP contribution in [0.1, 0.15) is 44.2 Å². The lowest BCUT2D eigenvalue weighted by molar-refractivity contribution is -0.145. The maximum Gasteiger partial charge on any atom is 0.311 e. The quantitative estimate of drug-likeness (QED) is 0.777. The molecule has 0 fully saturated rings. The van der Waals surface area contributed by atoms with E-state index in [4.69, 9.17) is 10.2 Å². The first-order valence-electron chi connectivity index (χ1n) is 5.91. The van der Waals surface area contributed by atoms with Crippen molar-refractivity contribution in [3.8, 4) is 5.75 Å². The van der Waals surface area contributed by atoms with E-state index in [0.717, 1.165) is 0 Å². The van der Waals surface area contributed by atoms with Crippen LogP contribution in [0.5, 0.6) is 5.75 Å². The van der Waals surface area contributed by atoms with Gasteiger partial charge < -0.3 is 15.3 Å². The third-order valence-electron chi connectivity index (χ3n) is 2.91. The van der Waals surface area contributed by atoms with E-state index in [1.165, 1.54) is 12.1 Å². The van der Waals surface area contributed by atoms with Crippen molar-refractivity contribution in [3.63, 3.8) is 0 Å². The fourth-order valence-corrected chi connectivity index (χ4v) is 1.89. The molecule has 1 atom stereocenters. The SMILES string of the molecule is CC(C)(C)c1cc(C(CC(=O)O)C(=O)O)ccc1O. The van der Waals surface area contributed by atoms with Gasteiger partial charge in [0.1, 0.15) is 5.75 Å². The van der Waals surface area contributed by atoms with Crippen molar-refractivity contribution in [2.75, 3.05) is 0 Å². The summed E-state index contributed by atoms with van der Waals surface area (Å²) in [7, 11) is 0. The minimum atomic E-state index is -1.19. The molecule has 104 valence electrons. The van der Waals surface area contributed by atoms with Gasteiger partial charge in [0, 0.05) is 0 Å². The van der Waals surface area contributed by atoms with E-state index in [2.05, 4.69) is 0 Å². The van der Waals surface area contributed by atoms with Gasteiger partial charge >= 0.3 is 11.9 Å². The van der Waals surface area contributed by atoms with Crippen LogP contribution in [0.15, 0.2) is 18.2 Å². The smallest absolute Gasteiger partial charge is 0.311 e. The second-order valence-electron chi connectivity index (χ2n) is 5.52. The van der Waals surface area contributed by atoms with E-state index in [1.807, 2.05) is 20.8 Å². The molecule has 3 N–H and O–H groups in total. The molecule has 0 saturated heterocycles. The highest BCUT2D eigenvalue weighted by Crippen LogP contribution is 2.33. The Labute approximate surface area is 111 Å². The highest BCUT2D eigenvalue weighted by molar-refractivity contribution is 5.82. The Morgan fingerprint density at radius 1 is 1.21 bits per heavy atom. The van der Waals surface area contributed by atoms with E-state index in [0.29, 0.717) is 11.1 Å². The second kappa shape index (κ2) is 5.30. The number of carboxylic acids is 2. The first-order chi connectivity index (χ1) is 8.62. The number of hydrogen-bond acceptors (Lipinski definition) is 3. The van der Waals surface area contributed by atoms with Gasteiger partial charge in [-0.05, 0) is 22.6 Å². The maximum absolute atomic E-state index is 11.2. The lowest BCUT2D eigenvalue weighted by atomic mass is 9.83. The maximum atomic E-state index is 11.2. The molecule has 1 aromatic carbocycles. The molecule has 19 heavy (non-hydrogen) atoms. The van der Waals surface area contributed by atoms with E-state index >= 15 is 0 Å². The molecule has 0 spiro atoms. The van der Waals surface area contributed by atoms with Crippen LogP contribution >= 0.6 is 0 Å². The Kier molecular flexibility index (Phi) is 4.19. The molecule has 5 heteroatoms. The number of benzene rings is 1. The van der Waals surface area contributed by atoms with Crippen LogP contribution in [0.4, 0.5) is 0 Å². The number of aromatic hydroxyl groups is 1. The predicted molar refractivity (Wildman–Crippen MR) is 69.4 cm³/mol. The molecule has 0 aliphatic heterocycles. The van der Waals surface area contributed by atoms with Gasteiger partial charge in [-0.15, -0.1) is 0 Å². The van der Waals surface area contributed by atoms with E-state index in [9.17, 15) is 14.7 Å². The number of phenols is 1. The molecule has 0 saturated carbocycles. The van der Waals surface area contributed by atoms with Crippen molar-refractivity contribution in [3.05, 3.63) is 29.3 Å². The molecule has 0 aliphatic rings. The lowest BCUT2D eigenvalue weighted by Gasteiger charge is -2.22. The largest absolute Gasteiger partial charge is 0.508 e. The summed E-state index contributed by atoms with van der Waals surface area (Å²) in [6.07, 6.45) is -0.482. The monoisotopic (exact) mass is 266 g/mol. The minimum Gasteiger partial charge on any atom is -0.508 e. The Hall–Kier alpha value is -2.04. The fraction of sp³-hybridized carbons (Fsp3) is 0.429. The van der Waals surface area contributed by atoms with Crippen molar-refractivity contribution in [1.29, 1.82) is 0 Å². The molecule has 1 rings (SSSR count). The molecule has 0 bridgehead atoms. The summed E-state index contributed by atoms with van der Waals surface area (Å²) in [5.41, 5.74) is 0.631. The van der Waals surface area contributed by atoms with Crippen molar-refractivity contribution in [2.24, 2.45) is 0 Å². The van der Waals surface area contributed by atoms with Gasteiger partial charge in [0.15, 0.2) is 0 Å². The van der Waals surface area contributed by atoms with E-state index < -0.39 is 24.3 Å². The highest BCUT2D eigenvalue weighted by Gasteiger charge is 2.26. The summed E-state index contributed by atoms with van der Waals surface area (Å²) >= 11 is 0. The van der Waals surface area contributed by atoms with Crippen molar-refractivity contribution in [2.45, 2.75) is 38.5 Å². The van der Waals surface area contributed by atoms with Gasteiger partial charge in [0.2, 0.25) is 0 Å². The van der Waals surface area contributed by atoms with Crippen molar-refractivity contribution in [1.82, 2.24) is 0 Å². The van der Waals surface area contributed by atoms with Crippen LogP contribution in [0.25, 0.3) is 0 Å². The molecule has 0 amide bonds. The van der Waals surface area contributed by atoms with Gasteiger partial charge in [-0.3, -0.25) is 9.59 Å². The number of phenolic OH excluding ortho intramolecular Hbond substituents is 1. The first-order valence-corrected chi connectivity index (χ1v) is 5.91. The van der Waals surface area contributed by atoms with Gasteiger partial charge in [-0.2, -0.15) is 0 Å². The van der Waals surface area contributed by atoms with Crippen LogP contribution in [-0.4, -0.2) is 27.3 Å². The van der Waals surface area contributed by atoms with Crippen LogP contribution in [0, 0.1) is 0 Å². The molecular weight excluding hydrogens is 248 g/mol. The molecular formula is C14H18O5. The summed E-state index contributed by atoms with van der Waals surface area (Å²) in [5.74, 6) is -3.39. The second-order valence-corrected chi connectivity index (χ2v) is 5.52. The minimum absolute atomic E-state index is 0.0794. The third-order valence-corrected chi connectivity index (χ3v) is 2.91. The fourth-order valence-electron chi connectivity index (χ4n) is 1.89. The Bertz CT molecular complexity index is 499. The highest BCUT2D eigenvalue weighted by atomic mass is 16.4. The zero-order valence-electron chi connectivity index (χ0n) is 11.2. The summed E-state index contributed by atoms with van der Waals surface area (Å²) in [6, 6.07) is 4.43. The summed E-state index contributed by atoms with van der Waals surface area (Å²) in [4.78, 5) is 21.9. The first kappa shape index (κ1) is 15.0. The summed E-state index contributed by atoms with van der Waals surface area (Å²) < 4.78 is 0. The number of carboxylic acid groups (broad SMARTS) is 2. The van der Waals surface area contributed by atoms with Gasteiger partial charge in [-0.1, -0.05) is 32.9 Å². The summed E-state index contributed by atoms with van der Waals surface area (Å²) in [6.45, 7) is 5.66. The van der Waals surface area contributed by atoms with Crippen molar-refractivity contribution >= 4 is 11.9 Å². The number of carbonyl (C=O) groups is 2. The number of rotatable bonds is 4. The Morgan fingerprint density at radius 3 is 2.21 bits per heavy atom. The Morgan fingerprint density at radius 2 is 1.79 bits per heavy atom. The van der Waals surface area contributed by atoms with Crippen molar-refractivity contribution < 1.29 is 24.9 Å². The number of aliphatic carboxylic acids is 2. The van der Waals surface area contributed by atoms with Crippen LogP contribution in [0.3, 0.4) is 0 Å². The standard InChI is InChI=1S/C14H18O5/c1-14(2,3)10-6-8(4-5-11(10)15)9(13(18)19)7-12(16)17/h4-6,9,15H,7H2,1-3H3,(H,16,17)(H,18,19). The third kappa shape index (κ3) is 3.71. The molecule has 1 aromatic rings. The zero-order chi connectivity index (χ0) is 14.8. The average Bonchev–Trinajstić information content (AvgIpc) is 2.24. The predicted octanol–water partition coefficient (Wildman–Crippen LogP) is 2.33. The molecule has 0 aromatic heterocycles. The topological polar surface area (TPSA) is 94.8 Å². The van der Waals surface area contributed by atoms with E-state index in [1.54, 1.807) is 6.07 Å². The number of hydrogen-bond donors (Lipinski definition) is 3. The molecule has 5 nitrogen and oxygen atoms in total. The van der Waals surface area contributed by atoms with E-state index in [-0.39, 0.29) is 11.2 Å². The Balaban J connectivity index is 3.26. The summed E-state index contributed by atoms with van der Waals surface area (Å²) in [5, 5.41) is 27.7. The molecule has 0 radical (unpaired) electrons. The van der Waals surface area contributed by atoms with Gasteiger partial charge in [0.05, 0.1) is 12.3 Å². The van der Waals surface area contributed by atoms with Gasteiger partial charge in [0.25, 0.3) is 0 Å². The lowest BCUT2D eigenvalue weighted by Crippen LogP contribution is -2.18. The van der Waals surface area contributed by atoms with Crippen LogP contribution in [-0.2, 0) is 15.0 Å². The molecule has 0 heterocycles. The molecule has 1 unspecified atom stereocenters. The van der Waals surface area contributed by atoms with Crippen LogP contribution in [0.2, 0.25) is 0 Å².